The summed E-state index contributed by atoms with van der Waals surface area (Å²) in [5.41, 5.74) is 5.17. The maximum atomic E-state index is 13.4. The first kappa shape index (κ1) is 22.8. The van der Waals surface area contributed by atoms with E-state index in [0.717, 1.165) is 32.6 Å². The van der Waals surface area contributed by atoms with Gasteiger partial charge < -0.3 is 10.0 Å². The Morgan fingerprint density at radius 1 is 1.00 bits per heavy atom. The largest absolute Gasteiger partial charge is 0.507 e. The number of aromatic nitrogens is 1. The third kappa shape index (κ3) is 3.88. The van der Waals surface area contributed by atoms with E-state index in [1.54, 1.807) is 24.3 Å². The second-order valence-corrected chi connectivity index (χ2v) is 9.96. The van der Waals surface area contributed by atoms with Gasteiger partial charge in [0.25, 0.3) is 5.78 Å². The van der Waals surface area contributed by atoms with Crippen molar-refractivity contribution in [2.24, 2.45) is 0 Å². The maximum Gasteiger partial charge on any atom is 0.301 e. The van der Waals surface area contributed by atoms with Crippen molar-refractivity contribution >= 4 is 49.8 Å². The standard InChI is InChI=1S/C28H25N3O3S/c1-16-14-17(2)23-21(15-16)35-28(29-23)31-24(18-10-12-20(13-11-18)30(3)4)22(26(33)27(31)34)25(32)19-8-6-5-7-9-19/h5-15,24,32H,1-4H3. The molecule has 1 aliphatic rings. The van der Waals surface area contributed by atoms with Crippen molar-refractivity contribution in [2.75, 3.05) is 23.9 Å². The van der Waals surface area contributed by atoms with Gasteiger partial charge in [-0.05, 0) is 48.7 Å². The first-order chi connectivity index (χ1) is 16.8. The van der Waals surface area contributed by atoms with E-state index in [2.05, 4.69) is 0 Å². The van der Waals surface area contributed by atoms with E-state index in [1.165, 1.54) is 16.2 Å². The average Bonchev–Trinajstić information content (AvgIpc) is 3.38. The summed E-state index contributed by atoms with van der Waals surface area (Å²) in [5.74, 6) is -1.61. The van der Waals surface area contributed by atoms with Crippen molar-refractivity contribution in [3.8, 4) is 0 Å². The summed E-state index contributed by atoms with van der Waals surface area (Å²) in [6, 6.07) is 19.8. The molecule has 0 bridgehead atoms. The lowest BCUT2D eigenvalue weighted by molar-refractivity contribution is -0.132. The second-order valence-electron chi connectivity index (χ2n) is 8.95. The van der Waals surface area contributed by atoms with Gasteiger partial charge in [-0.3, -0.25) is 14.5 Å². The number of carbonyl (C=O) groups is 2. The normalized spacial score (nSPS) is 17.4. The summed E-state index contributed by atoms with van der Waals surface area (Å²) < 4.78 is 0.948. The van der Waals surface area contributed by atoms with Crippen molar-refractivity contribution in [1.29, 1.82) is 0 Å². The number of ketones is 1. The quantitative estimate of drug-likeness (QED) is 0.232. The number of thiazole rings is 1. The van der Waals surface area contributed by atoms with Gasteiger partial charge in [0, 0.05) is 25.3 Å². The van der Waals surface area contributed by atoms with Gasteiger partial charge in [-0.25, -0.2) is 4.98 Å². The fourth-order valence-electron chi connectivity index (χ4n) is 4.51. The molecule has 1 fully saturated rings. The van der Waals surface area contributed by atoms with Crippen LogP contribution in [0.15, 0.2) is 72.3 Å². The third-order valence-electron chi connectivity index (χ3n) is 6.24. The third-order valence-corrected chi connectivity index (χ3v) is 7.24. The Morgan fingerprint density at radius 3 is 2.34 bits per heavy atom. The molecule has 0 saturated carbocycles. The topological polar surface area (TPSA) is 73.7 Å². The zero-order valence-corrected chi connectivity index (χ0v) is 20.8. The van der Waals surface area contributed by atoms with Crippen molar-refractivity contribution in [3.63, 3.8) is 0 Å². The summed E-state index contributed by atoms with van der Waals surface area (Å²) in [7, 11) is 3.89. The molecule has 7 heteroatoms. The van der Waals surface area contributed by atoms with Gasteiger partial charge in [-0.2, -0.15) is 0 Å². The smallest absolute Gasteiger partial charge is 0.301 e. The molecule has 0 spiro atoms. The van der Waals surface area contributed by atoms with Gasteiger partial charge in [0.2, 0.25) is 0 Å². The van der Waals surface area contributed by atoms with Crippen LogP contribution in [-0.2, 0) is 9.59 Å². The first-order valence-electron chi connectivity index (χ1n) is 11.3. The minimum absolute atomic E-state index is 0.0611. The molecule has 5 rings (SSSR count). The van der Waals surface area contributed by atoms with Gasteiger partial charge >= 0.3 is 5.91 Å². The number of benzene rings is 3. The number of hydrogen-bond donors (Lipinski definition) is 1. The zero-order chi connectivity index (χ0) is 24.9. The van der Waals surface area contributed by atoms with Crippen LogP contribution in [0.3, 0.4) is 0 Å². The van der Waals surface area contributed by atoms with E-state index >= 15 is 0 Å². The highest BCUT2D eigenvalue weighted by Crippen LogP contribution is 2.45. The van der Waals surface area contributed by atoms with Gasteiger partial charge in [-0.15, -0.1) is 0 Å². The molecule has 0 aliphatic carbocycles. The molecule has 0 radical (unpaired) electrons. The second kappa shape index (κ2) is 8.67. The fraction of sp³-hybridized carbons (Fsp3) is 0.179. The minimum Gasteiger partial charge on any atom is -0.507 e. The molecule has 6 nitrogen and oxygen atoms in total. The van der Waals surface area contributed by atoms with Crippen molar-refractivity contribution < 1.29 is 14.7 Å². The number of nitrogens with zero attached hydrogens (tertiary/aromatic N) is 3. The van der Waals surface area contributed by atoms with Crippen LogP contribution in [0.25, 0.3) is 16.0 Å². The van der Waals surface area contributed by atoms with E-state index in [-0.39, 0.29) is 11.3 Å². The number of aliphatic hydroxyl groups excluding tert-OH is 1. The number of Topliss-reactive ketones (excluding diaryl/α,β-unsaturated/α-hetero) is 1. The highest BCUT2D eigenvalue weighted by atomic mass is 32.1. The van der Waals surface area contributed by atoms with Crippen LogP contribution in [-0.4, -0.2) is 35.9 Å². The Balaban J connectivity index is 1.73. The average molecular weight is 484 g/mol. The monoisotopic (exact) mass is 483 g/mol. The predicted molar refractivity (Wildman–Crippen MR) is 141 cm³/mol. The lowest BCUT2D eigenvalue weighted by atomic mass is 9.95. The van der Waals surface area contributed by atoms with Gasteiger partial charge in [0.15, 0.2) is 5.13 Å². The molecule has 176 valence electrons. The number of amides is 1. The molecular weight excluding hydrogens is 458 g/mol. The van der Waals surface area contributed by atoms with Crippen LogP contribution in [0.5, 0.6) is 0 Å². The molecule has 2 heterocycles. The van der Waals surface area contributed by atoms with Crippen LogP contribution in [0.2, 0.25) is 0 Å². The van der Waals surface area contributed by atoms with Crippen LogP contribution in [0.4, 0.5) is 10.8 Å². The van der Waals surface area contributed by atoms with E-state index in [1.807, 2.05) is 75.3 Å². The lowest BCUT2D eigenvalue weighted by Gasteiger charge is -2.23. The number of anilines is 2. The Kier molecular flexibility index (Phi) is 5.65. The molecular formula is C28H25N3O3S. The molecule has 1 unspecified atom stereocenters. The molecule has 1 atom stereocenters. The Labute approximate surface area is 207 Å². The molecule has 1 aromatic heterocycles. The Morgan fingerprint density at radius 2 is 1.69 bits per heavy atom. The highest BCUT2D eigenvalue weighted by molar-refractivity contribution is 7.22. The van der Waals surface area contributed by atoms with E-state index in [9.17, 15) is 14.7 Å². The Hall–Kier alpha value is -3.97. The number of aliphatic hydroxyl groups is 1. The number of rotatable bonds is 4. The molecule has 1 saturated heterocycles. The van der Waals surface area contributed by atoms with Crippen molar-refractivity contribution in [3.05, 3.63) is 94.6 Å². The van der Waals surface area contributed by atoms with Gasteiger partial charge in [-0.1, -0.05) is 59.9 Å². The molecule has 35 heavy (non-hydrogen) atoms. The van der Waals surface area contributed by atoms with Gasteiger partial charge in [0.1, 0.15) is 5.76 Å². The molecule has 1 aliphatic heterocycles. The summed E-state index contributed by atoms with van der Waals surface area (Å²) in [5, 5.41) is 11.7. The van der Waals surface area contributed by atoms with Crippen LogP contribution in [0.1, 0.15) is 28.3 Å². The van der Waals surface area contributed by atoms with E-state index in [4.69, 9.17) is 4.98 Å². The number of aryl methyl sites for hydroxylation is 2. The van der Waals surface area contributed by atoms with E-state index in [0.29, 0.717) is 10.7 Å². The summed E-state index contributed by atoms with van der Waals surface area (Å²) in [4.78, 5) is 35.0. The van der Waals surface area contributed by atoms with Gasteiger partial charge in [0.05, 0.1) is 21.8 Å². The number of hydrogen-bond acceptors (Lipinski definition) is 6. The summed E-state index contributed by atoms with van der Waals surface area (Å²) in [6.07, 6.45) is 0. The molecule has 1 N–H and O–H groups in total. The first-order valence-corrected chi connectivity index (χ1v) is 12.1. The van der Waals surface area contributed by atoms with Crippen LogP contribution < -0.4 is 9.80 Å². The number of carbonyl (C=O) groups excluding carboxylic acids is 2. The molecule has 4 aromatic rings. The predicted octanol–water partition coefficient (Wildman–Crippen LogP) is 5.61. The van der Waals surface area contributed by atoms with Crippen LogP contribution >= 0.6 is 11.3 Å². The SMILES string of the molecule is Cc1cc(C)c2nc(N3C(=O)C(=O)C(=C(O)c4ccccc4)C3c3ccc(N(C)C)cc3)sc2c1. The van der Waals surface area contributed by atoms with Crippen LogP contribution in [0, 0.1) is 13.8 Å². The van der Waals surface area contributed by atoms with Crippen molar-refractivity contribution in [2.45, 2.75) is 19.9 Å². The number of fused-ring (bicyclic) bond motifs is 1. The lowest BCUT2D eigenvalue weighted by Crippen LogP contribution is -2.29. The Bertz CT molecular complexity index is 1490. The highest BCUT2D eigenvalue weighted by Gasteiger charge is 2.48. The molecule has 1 amide bonds. The summed E-state index contributed by atoms with van der Waals surface area (Å²) >= 11 is 1.37. The van der Waals surface area contributed by atoms with E-state index < -0.39 is 17.7 Å². The minimum atomic E-state index is -0.798. The summed E-state index contributed by atoms with van der Waals surface area (Å²) in [6.45, 7) is 4.00. The van der Waals surface area contributed by atoms with Crippen molar-refractivity contribution in [1.82, 2.24) is 4.98 Å². The maximum absolute atomic E-state index is 13.4. The molecule has 3 aromatic carbocycles. The fourth-order valence-corrected chi connectivity index (χ4v) is 5.68. The zero-order valence-electron chi connectivity index (χ0n) is 19.9.